The van der Waals surface area contributed by atoms with Crippen LogP contribution in [0.3, 0.4) is 0 Å². The van der Waals surface area contributed by atoms with Crippen LogP contribution in [0.4, 0.5) is 11.4 Å². The van der Waals surface area contributed by atoms with Crippen LogP contribution in [0.2, 0.25) is 0 Å². The van der Waals surface area contributed by atoms with Crippen LogP contribution in [-0.4, -0.2) is 5.91 Å². The number of carbonyl (C=O) groups is 1. The van der Waals surface area contributed by atoms with E-state index in [-0.39, 0.29) is 11.8 Å². The van der Waals surface area contributed by atoms with Gasteiger partial charge in [-0.2, -0.15) is 5.26 Å². The zero-order chi connectivity index (χ0) is 14.8. The first-order valence-electron chi connectivity index (χ1n) is 7.09. The van der Waals surface area contributed by atoms with Crippen molar-refractivity contribution in [2.75, 3.05) is 4.90 Å². The number of nitrogens with zero attached hydrogens (tertiary/aromatic N) is 2. The standard InChI is InChI=1S/C18H16N2O/c1-13(21)20(16-5-3-2-4-6-16)17-9-10-18-14(11-17)7-8-15(18)12-19/h2-6,9-11,15H,7-8H2,1H3. The minimum absolute atomic E-state index is 0.00319. The second-order valence-electron chi connectivity index (χ2n) is 5.29. The van der Waals surface area contributed by atoms with Gasteiger partial charge >= 0.3 is 0 Å². The second kappa shape index (κ2) is 5.41. The molecule has 1 atom stereocenters. The van der Waals surface area contributed by atoms with Crippen molar-refractivity contribution in [1.29, 1.82) is 5.26 Å². The third kappa shape index (κ3) is 2.41. The van der Waals surface area contributed by atoms with Crippen molar-refractivity contribution < 1.29 is 4.79 Å². The number of amides is 1. The molecule has 0 aliphatic heterocycles. The summed E-state index contributed by atoms with van der Waals surface area (Å²) in [5.74, 6) is -0.0208. The molecule has 0 radical (unpaired) electrons. The third-order valence-corrected chi connectivity index (χ3v) is 3.95. The molecule has 1 amide bonds. The molecule has 0 spiro atoms. The highest BCUT2D eigenvalue weighted by molar-refractivity contribution is 5.99. The van der Waals surface area contributed by atoms with Gasteiger partial charge in [0, 0.05) is 18.3 Å². The lowest BCUT2D eigenvalue weighted by molar-refractivity contribution is -0.115. The van der Waals surface area contributed by atoms with Crippen LogP contribution in [0.1, 0.15) is 30.4 Å². The van der Waals surface area contributed by atoms with Crippen LogP contribution >= 0.6 is 0 Å². The summed E-state index contributed by atoms with van der Waals surface area (Å²) in [6.07, 6.45) is 1.78. The molecule has 0 bridgehead atoms. The first-order valence-corrected chi connectivity index (χ1v) is 7.09. The molecule has 3 heteroatoms. The van der Waals surface area contributed by atoms with E-state index in [0.717, 1.165) is 29.8 Å². The molecule has 0 fully saturated rings. The van der Waals surface area contributed by atoms with E-state index >= 15 is 0 Å². The summed E-state index contributed by atoms with van der Waals surface area (Å²) < 4.78 is 0. The Morgan fingerprint density at radius 1 is 1.19 bits per heavy atom. The highest BCUT2D eigenvalue weighted by Gasteiger charge is 2.24. The number of rotatable bonds is 2. The Balaban J connectivity index is 2.03. The Morgan fingerprint density at radius 2 is 1.95 bits per heavy atom. The summed E-state index contributed by atoms with van der Waals surface area (Å²) >= 11 is 0. The number of para-hydroxylation sites is 1. The lowest BCUT2D eigenvalue weighted by Gasteiger charge is -2.22. The summed E-state index contributed by atoms with van der Waals surface area (Å²) in [5.41, 5.74) is 4.02. The molecule has 3 rings (SSSR count). The van der Waals surface area contributed by atoms with Gasteiger partial charge in [-0.05, 0) is 48.2 Å². The smallest absolute Gasteiger partial charge is 0.228 e. The van der Waals surface area contributed by atoms with Gasteiger partial charge in [-0.1, -0.05) is 24.3 Å². The molecule has 3 nitrogen and oxygen atoms in total. The highest BCUT2D eigenvalue weighted by atomic mass is 16.2. The van der Waals surface area contributed by atoms with Gasteiger partial charge in [0.05, 0.1) is 12.0 Å². The largest absolute Gasteiger partial charge is 0.281 e. The van der Waals surface area contributed by atoms with E-state index < -0.39 is 0 Å². The van der Waals surface area contributed by atoms with Crippen LogP contribution in [-0.2, 0) is 11.2 Å². The van der Waals surface area contributed by atoms with Crippen LogP contribution in [0, 0.1) is 11.3 Å². The Bertz CT molecular complexity index is 716. The second-order valence-corrected chi connectivity index (χ2v) is 5.29. The molecule has 0 N–H and O–H groups in total. The zero-order valence-corrected chi connectivity index (χ0v) is 11.9. The quantitative estimate of drug-likeness (QED) is 0.834. The summed E-state index contributed by atoms with van der Waals surface area (Å²) in [6, 6.07) is 17.9. The van der Waals surface area contributed by atoms with Crippen molar-refractivity contribution in [2.24, 2.45) is 0 Å². The minimum atomic E-state index is -0.0176. The minimum Gasteiger partial charge on any atom is -0.281 e. The van der Waals surface area contributed by atoms with Gasteiger partial charge in [0.2, 0.25) is 5.91 Å². The zero-order valence-electron chi connectivity index (χ0n) is 11.9. The van der Waals surface area contributed by atoms with E-state index in [1.54, 1.807) is 11.8 Å². The topological polar surface area (TPSA) is 44.1 Å². The number of fused-ring (bicyclic) bond motifs is 1. The predicted molar refractivity (Wildman–Crippen MR) is 82.4 cm³/mol. The van der Waals surface area contributed by atoms with Crippen LogP contribution in [0.25, 0.3) is 0 Å². The Hall–Kier alpha value is -2.60. The maximum Gasteiger partial charge on any atom is 0.228 e. The van der Waals surface area contributed by atoms with E-state index in [1.165, 1.54) is 5.56 Å². The van der Waals surface area contributed by atoms with Crippen molar-refractivity contribution >= 4 is 17.3 Å². The van der Waals surface area contributed by atoms with E-state index in [0.29, 0.717) is 0 Å². The van der Waals surface area contributed by atoms with Crippen molar-refractivity contribution in [3.8, 4) is 6.07 Å². The first-order chi connectivity index (χ1) is 10.2. The Labute approximate surface area is 124 Å². The van der Waals surface area contributed by atoms with Gasteiger partial charge in [0.1, 0.15) is 0 Å². The molecule has 2 aromatic carbocycles. The van der Waals surface area contributed by atoms with Crippen molar-refractivity contribution in [3.63, 3.8) is 0 Å². The van der Waals surface area contributed by atoms with Gasteiger partial charge in [-0.25, -0.2) is 0 Å². The number of benzene rings is 2. The van der Waals surface area contributed by atoms with E-state index in [1.807, 2.05) is 48.5 Å². The first kappa shape index (κ1) is 13.4. The Kier molecular flexibility index (Phi) is 3.45. The van der Waals surface area contributed by atoms with Gasteiger partial charge < -0.3 is 0 Å². The fraction of sp³-hybridized carbons (Fsp3) is 0.222. The van der Waals surface area contributed by atoms with Crippen molar-refractivity contribution in [3.05, 3.63) is 59.7 Å². The molecule has 2 aromatic rings. The molecule has 1 unspecified atom stereocenters. The number of anilines is 2. The molecule has 21 heavy (non-hydrogen) atoms. The molecule has 0 heterocycles. The lowest BCUT2D eigenvalue weighted by atomic mass is 10.0. The average Bonchev–Trinajstić information content (AvgIpc) is 2.90. The summed E-state index contributed by atoms with van der Waals surface area (Å²) in [7, 11) is 0. The summed E-state index contributed by atoms with van der Waals surface area (Å²) in [6.45, 7) is 1.57. The molecule has 0 saturated carbocycles. The van der Waals surface area contributed by atoms with E-state index in [2.05, 4.69) is 6.07 Å². The molecule has 1 aliphatic rings. The number of hydrogen-bond acceptors (Lipinski definition) is 2. The summed E-state index contributed by atoms with van der Waals surface area (Å²) in [4.78, 5) is 13.7. The predicted octanol–water partition coefficient (Wildman–Crippen LogP) is 3.92. The van der Waals surface area contributed by atoms with Crippen molar-refractivity contribution in [1.82, 2.24) is 0 Å². The summed E-state index contributed by atoms with van der Waals surface area (Å²) in [5, 5.41) is 9.14. The van der Waals surface area contributed by atoms with E-state index in [9.17, 15) is 4.79 Å². The van der Waals surface area contributed by atoms with Crippen molar-refractivity contribution in [2.45, 2.75) is 25.7 Å². The third-order valence-electron chi connectivity index (χ3n) is 3.95. The lowest BCUT2D eigenvalue weighted by Crippen LogP contribution is -2.22. The van der Waals surface area contributed by atoms with Gasteiger partial charge in [0.25, 0.3) is 0 Å². The fourth-order valence-corrected chi connectivity index (χ4v) is 2.97. The maximum atomic E-state index is 12.0. The van der Waals surface area contributed by atoms with E-state index in [4.69, 9.17) is 5.26 Å². The molecule has 1 aliphatic carbocycles. The number of nitriles is 1. The number of hydrogen-bond donors (Lipinski definition) is 0. The number of aryl methyl sites for hydroxylation is 1. The highest BCUT2D eigenvalue weighted by Crippen LogP contribution is 2.36. The average molecular weight is 276 g/mol. The van der Waals surface area contributed by atoms with Gasteiger partial charge in [-0.15, -0.1) is 0 Å². The van der Waals surface area contributed by atoms with Crippen LogP contribution in [0.5, 0.6) is 0 Å². The molecular weight excluding hydrogens is 260 g/mol. The SMILES string of the molecule is CC(=O)N(c1ccccc1)c1ccc2c(c1)CCC2C#N. The van der Waals surface area contributed by atoms with Gasteiger partial charge in [0.15, 0.2) is 0 Å². The molecule has 0 aromatic heterocycles. The number of carbonyl (C=O) groups excluding carboxylic acids is 1. The van der Waals surface area contributed by atoms with Crippen LogP contribution < -0.4 is 4.90 Å². The monoisotopic (exact) mass is 276 g/mol. The maximum absolute atomic E-state index is 12.0. The van der Waals surface area contributed by atoms with Gasteiger partial charge in [-0.3, -0.25) is 9.69 Å². The molecule has 0 saturated heterocycles. The van der Waals surface area contributed by atoms with Crippen LogP contribution in [0.15, 0.2) is 48.5 Å². The molecule has 104 valence electrons. The Morgan fingerprint density at radius 3 is 2.62 bits per heavy atom. The normalized spacial score (nSPS) is 16.1. The molecular formula is C18H16N2O. The fourth-order valence-electron chi connectivity index (χ4n) is 2.97.